The van der Waals surface area contributed by atoms with Gasteiger partial charge in [-0.1, -0.05) is 24.3 Å². The Hall–Kier alpha value is -2.69. The summed E-state index contributed by atoms with van der Waals surface area (Å²) in [7, 11) is 1.64. The van der Waals surface area contributed by atoms with Crippen LogP contribution in [0.2, 0.25) is 0 Å². The second kappa shape index (κ2) is 9.57. The molecule has 0 unspecified atom stereocenters. The topological polar surface area (TPSA) is 54.9 Å². The highest BCUT2D eigenvalue weighted by molar-refractivity contribution is 5.93. The van der Waals surface area contributed by atoms with Crippen LogP contribution >= 0.6 is 0 Å². The fourth-order valence-electron chi connectivity index (χ4n) is 2.42. The number of benzene rings is 2. The van der Waals surface area contributed by atoms with Gasteiger partial charge in [-0.05, 0) is 44.0 Å². The number of aryl methyl sites for hydroxylation is 1. The van der Waals surface area contributed by atoms with Crippen molar-refractivity contribution in [3.63, 3.8) is 0 Å². The van der Waals surface area contributed by atoms with E-state index < -0.39 is 0 Å². The van der Waals surface area contributed by atoms with Crippen molar-refractivity contribution in [2.75, 3.05) is 25.6 Å². The highest BCUT2D eigenvalue weighted by atomic mass is 16.5. The lowest BCUT2D eigenvalue weighted by Gasteiger charge is -2.14. The number of hydrogen-bond donors (Lipinski definition) is 2. The summed E-state index contributed by atoms with van der Waals surface area (Å²) in [6.45, 7) is 8.10. The van der Waals surface area contributed by atoms with Crippen LogP contribution in [0.1, 0.15) is 25.0 Å². The van der Waals surface area contributed by atoms with Crippen LogP contribution < -0.4 is 20.1 Å². The van der Waals surface area contributed by atoms with Gasteiger partial charge in [-0.2, -0.15) is 0 Å². The molecule has 0 atom stereocenters. The number of ether oxygens (including phenoxy) is 2. The Bertz CT molecular complexity index is 714. The molecular weight excluding hydrogens is 314 g/mol. The summed E-state index contributed by atoms with van der Waals surface area (Å²) in [6.07, 6.45) is 0. The van der Waals surface area contributed by atoms with Crippen LogP contribution in [-0.4, -0.2) is 26.2 Å². The van der Waals surface area contributed by atoms with E-state index in [1.807, 2.05) is 44.2 Å². The Balaban J connectivity index is 2.15. The van der Waals surface area contributed by atoms with Gasteiger partial charge < -0.3 is 20.1 Å². The number of nitrogens with one attached hydrogen (secondary N) is 2. The Morgan fingerprint density at radius 2 is 1.88 bits per heavy atom. The fraction of sp³-hybridized carbons (Fsp3) is 0.350. The molecule has 0 spiro atoms. The number of guanidine groups is 1. The molecule has 5 nitrogen and oxygen atoms in total. The first-order valence-electron chi connectivity index (χ1n) is 8.58. The molecule has 0 aromatic heterocycles. The smallest absolute Gasteiger partial charge is 0.196 e. The zero-order valence-corrected chi connectivity index (χ0v) is 15.4. The zero-order valence-electron chi connectivity index (χ0n) is 15.4. The summed E-state index contributed by atoms with van der Waals surface area (Å²) >= 11 is 0. The van der Waals surface area contributed by atoms with Gasteiger partial charge in [0.05, 0.1) is 20.3 Å². The third-order valence-electron chi connectivity index (χ3n) is 3.74. The molecule has 134 valence electrons. The number of nitrogens with zero attached hydrogens (tertiary/aromatic N) is 1. The van der Waals surface area contributed by atoms with Gasteiger partial charge in [-0.3, -0.25) is 0 Å². The van der Waals surface area contributed by atoms with E-state index in [-0.39, 0.29) is 0 Å². The van der Waals surface area contributed by atoms with E-state index in [0.29, 0.717) is 18.9 Å². The second-order valence-electron chi connectivity index (χ2n) is 5.55. The van der Waals surface area contributed by atoms with Crippen molar-refractivity contribution >= 4 is 11.6 Å². The lowest BCUT2D eigenvalue weighted by atomic mass is 10.1. The summed E-state index contributed by atoms with van der Waals surface area (Å²) < 4.78 is 11.0. The summed E-state index contributed by atoms with van der Waals surface area (Å²) in [5.41, 5.74) is 3.35. The standard InChI is InChI=1S/C20H27N3O2/c1-5-21-20(22-14-16-10-8-7-9-15(16)3)23-17-11-12-18(25-6-2)19(13-17)24-4/h7-13H,5-6,14H2,1-4H3,(H2,21,22,23). The number of methoxy groups -OCH3 is 1. The first-order chi connectivity index (χ1) is 12.2. The molecule has 2 aromatic rings. The van der Waals surface area contributed by atoms with Gasteiger partial charge in [0.2, 0.25) is 0 Å². The quantitative estimate of drug-likeness (QED) is 0.591. The normalized spacial score (nSPS) is 11.1. The van der Waals surface area contributed by atoms with Gasteiger partial charge in [0.15, 0.2) is 17.5 Å². The first kappa shape index (κ1) is 18.6. The second-order valence-corrected chi connectivity index (χ2v) is 5.55. The van der Waals surface area contributed by atoms with E-state index >= 15 is 0 Å². The minimum Gasteiger partial charge on any atom is -0.493 e. The number of aliphatic imine (C=N–C) groups is 1. The lowest BCUT2D eigenvalue weighted by molar-refractivity contribution is 0.311. The molecule has 0 bridgehead atoms. The molecule has 0 saturated carbocycles. The van der Waals surface area contributed by atoms with Gasteiger partial charge in [-0.15, -0.1) is 0 Å². The molecule has 0 saturated heterocycles. The highest BCUT2D eigenvalue weighted by Crippen LogP contribution is 2.30. The predicted octanol–water partition coefficient (Wildman–Crippen LogP) is 3.98. The van der Waals surface area contributed by atoms with Crippen LogP contribution in [0.25, 0.3) is 0 Å². The van der Waals surface area contributed by atoms with Crippen molar-refractivity contribution in [3.8, 4) is 11.5 Å². The Morgan fingerprint density at radius 3 is 2.56 bits per heavy atom. The predicted molar refractivity (Wildman–Crippen MR) is 104 cm³/mol. The molecule has 2 rings (SSSR count). The van der Waals surface area contributed by atoms with Crippen LogP contribution in [0.3, 0.4) is 0 Å². The maximum Gasteiger partial charge on any atom is 0.196 e. The average Bonchev–Trinajstić information content (AvgIpc) is 2.62. The minimum atomic E-state index is 0.601. The molecule has 0 fully saturated rings. The van der Waals surface area contributed by atoms with Crippen LogP contribution in [0, 0.1) is 6.92 Å². The van der Waals surface area contributed by atoms with Crippen molar-refractivity contribution in [2.45, 2.75) is 27.3 Å². The van der Waals surface area contributed by atoms with Crippen LogP contribution in [-0.2, 0) is 6.54 Å². The van der Waals surface area contributed by atoms with Crippen LogP contribution in [0.15, 0.2) is 47.5 Å². The fourth-order valence-corrected chi connectivity index (χ4v) is 2.42. The van der Waals surface area contributed by atoms with Crippen molar-refractivity contribution in [2.24, 2.45) is 4.99 Å². The average molecular weight is 341 g/mol. The maximum atomic E-state index is 5.56. The van der Waals surface area contributed by atoms with Crippen molar-refractivity contribution < 1.29 is 9.47 Å². The van der Waals surface area contributed by atoms with Crippen LogP contribution in [0.5, 0.6) is 11.5 Å². The summed E-state index contributed by atoms with van der Waals surface area (Å²) in [6, 6.07) is 14.0. The van der Waals surface area contributed by atoms with Gasteiger partial charge in [-0.25, -0.2) is 4.99 Å². The first-order valence-corrected chi connectivity index (χ1v) is 8.58. The summed E-state index contributed by atoms with van der Waals surface area (Å²) in [5.74, 6) is 2.16. The number of anilines is 1. The van der Waals surface area contributed by atoms with E-state index in [9.17, 15) is 0 Å². The lowest BCUT2D eigenvalue weighted by Crippen LogP contribution is -2.30. The van der Waals surface area contributed by atoms with Gasteiger partial charge in [0, 0.05) is 18.3 Å². The Morgan fingerprint density at radius 1 is 1.08 bits per heavy atom. The van der Waals surface area contributed by atoms with E-state index in [1.165, 1.54) is 11.1 Å². The zero-order chi connectivity index (χ0) is 18.1. The number of hydrogen-bond acceptors (Lipinski definition) is 3. The molecular formula is C20H27N3O2. The minimum absolute atomic E-state index is 0.601. The molecule has 2 aromatic carbocycles. The largest absolute Gasteiger partial charge is 0.493 e. The van der Waals surface area contributed by atoms with Crippen molar-refractivity contribution in [1.29, 1.82) is 0 Å². The van der Waals surface area contributed by atoms with Crippen molar-refractivity contribution in [1.82, 2.24) is 5.32 Å². The molecule has 0 aliphatic carbocycles. The van der Waals surface area contributed by atoms with Crippen LogP contribution in [0.4, 0.5) is 5.69 Å². The third kappa shape index (κ3) is 5.41. The SMILES string of the molecule is CCNC(=NCc1ccccc1C)Nc1ccc(OCC)c(OC)c1. The molecule has 5 heteroatoms. The van der Waals surface area contributed by atoms with Crippen molar-refractivity contribution in [3.05, 3.63) is 53.6 Å². The van der Waals surface area contributed by atoms with E-state index in [2.05, 4.69) is 34.7 Å². The maximum absolute atomic E-state index is 5.56. The molecule has 0 heterocycles. The summed E-state index contributed by atoms with van der Waals surface area (Å²) in [5, 5.41) is 6.58. The van der Waals surface area contributed by atoms with Gasteiger partial charge >= 0.3 is 0 Å². The molecule has 0 amide bonds. The molecule has 0 aliphatic heterocycles. The Labute approximate surface area is 150 Å². The number of rotatable bonds is 7. The Kier molecular flexibility index (Phi) is 7.14. The molecule has 25 heavy (non-hydrogen) atoms. The van der Waals surface area contributed by atoms with E-state index in [0.717, 1.165) is 23.9 Å². The monoisotopic (exact) mass is 341 g/mol. The van der Waals surface area contributed by atoms with E-state index in [4.69, 9.17) is 9.47 Å². The van der Waals surface area contributed by atoms with Gasteiger partial charge in [0.25, 0.3) is 0 Å². The third-order valence-corrected chi connectivity index (χ3v) is 3.74. The molecule has 0 radical (unpaired) electrons. The van der Waals surface area contributed by atoms with Gasteiger partial charge in [0.1, 0.15) is 0 Å². The molecule has 0 aliphatic rings. The van der Waals surface area contributed by atoms with E-state index in [1.54, 1.807) is 7.11 Å². The highest BCUT2D eigenvalue weighted by Gasteiger charge is 2.07. The summed E-state index contributed by atoms with van der Waals surface area (Å²) in [4.78, 5) is 4.68. The molecule has 2 N–H and O–H groups in total.